The van der Waals surface area contributed by atoms with Crippen molar-refractivity contribution in [1.29, 1.82) is 0 Å². The summed E-state index contributed by atoms with van der Waals surface area (Å²) < 4.78 is 10.4. The van der Waals surface area contributed by atoms with Crippen molar-refractivity contribution in [3.05, 3.63) is 0 Å². The van der Waals surface area contributed by atoms with Crippen molar-refractivity contribution in [1.82, 2.24) is 16.0 Å². The van der Waals surface area contributed by atoms with E-state index in [0.29, 0.717) is 18.5 Å². The Labute approximate surface area is 152 Å². The molecule has 0 aromatic heterocycles. The van der Waals surface area contributed by atoms with Crippen molar-refractivity contribution in [3.63, 3.8) is 0 Å². The molecule has 1 rings (SSSR count). The van der Waals surface area contributed by atoms with Gasteiger partial charge in [-0.1, -0.05) is 6.42 Å². The Morgan fingerprint density at radius 3 is 2.36 bits per heavy atom. The second kappa shape index (κ2) is 10.5. The van der Waals surface area contributed by atoms with Gasteiger partial charge in [-0.15, -0.1) is 0 Å². The maximum Gasteiger partial charge on any atom is 0.407 e. The maximum absolute atomic E-state index is 11.6. The molecule has 0 bridgehead atoms. The molecular formula is C18H36N4O3. The van der Waals surface area contributed by atoms with E-state index in [1.54, 1.807) is 7.11 Å². The summed E-state index contributed by atoms with van der Waals surface area (Å²) >= 11 is 0. The van der Waals surface area contributed by atoms with Crippen molar-refractivity contribution in [2.75, 3.05) is 39.9 Å². The van der Waals surface area contributed by atoms with Crippen LogP contribution in [0.2, 0.25) is 0 Å². The first kappa shape index (κ1) is 21.5. The average Bonchev–Trinajstić information content (AvgIpc) is 2.48. The smallest absolute Gasteiger partial charge is 0.407 e. The Morgan fingerprint density at radius 1 is 1.16 bits per heavy atom. The number of nitrogens with one attached hydrogen (secondary N) is 3. The molecule has 0 saturated heterocycles. The summed E-state index contributed by atoms with van der Waals surface area (Å²) in [7, 11) is 1.75. The zero-order valence-corrected chi connectivity index (χ0v) is 16.5. The average molecular weight is 357 g/mol. The van der Waals surface area contributed by atoms with Crippen LogP contribution in [-0.4, -0.2) is 57.5 Å². The lowest BCUT2D eigenvalue weighted by molar-refractivity contribution is 0.0529. The van der Waals surface area contributed by atoms with Gasteiger partial charge in [0, 0.05) is 39.9 Å². The van der Waals surface area contributed by atoms with Crippen LogP contribution in [0, 0.1) is 5.41 Å². The summed E-state index contributed by atoms with van der Waals surface area (Å²) in [5.41, 5.74) is -0.180. The van der Waals surface area contributed by atoms with Crippen LogP contribution in [0.15, 0.2) is 4.99 Å². The summed E-state index contributed by atoms with van der Waals surface area (Å²) in [5, 5.41) is 9.24. The van der Waals surface area contributed by atoms with Gasteiger partial charge < -0.3 is 25.4 Å². The quantitative estimate of drug-likeness (QED) is 0.335. The van der Waals surface area contributed by atoms with Crippen molar-refractivity contribution in [3.8, 4) is 0 Å². The second-order valence-corrected chi connectivity index (χ2v) is 7.65. The number of hydrogen-bond acceptors (Lipinski definition) is 4. The third-order valence-corrected chi connectivity index (χ3v) is 4.25. The lowest BCUT2D eigenvalue weighted by atomic mass is 9.67. The fourth-order valence-electron chi connectivity index (χ4n) is 2.73. The molecule has 0 aliphatic heterocycles. The molecule has 0 heterocycles. The molecule has 0 radical (unpaired) electrons. The minimum Gasteiger partial charge on any atom is -0.444 e. The van der Waals surface area contributed by atoms with Gasteiger partial charge in [0.15, 0.2) is 5.96 Å². The van der Waals surface area contributed by atoms with Crippen LogP contribution >= 0.6 is 0 Å². The number of rotatable bonds is 9. The molecule has 0 aromatic carbocycles. The predicted octanol–water partition coefficient (Wildman–Crippen LogP) is 2.27. The fourth-order valence-corrected chi connectivity index (χ4v) is 2.73. The number of ether oxygens (including phenoxy) is 2. The summed E-state index contributed by atoms with van der Waals surface area (Å²) in [6, 6.07) is 0. The van der Waals surface area contributed by atoms with E-state index in [2.05, 4.69) is 16.0 Å². The fraction of sp³-hybridized carbons (Fsp3) is 0.889. The number of hydrogen-bond donors (Lipinski definition) is 3. The summed E-state index contributed by atoms with van der Waals surface area (Å²) in [4.78, 5) is 16.3. The lowest BCUT2D eigenvalue weighted by Crippen LogP contribution is -2.43. The number of alkyl carbamates (subject to hydrolysis) is 1. The van der Waals surface area contributed by atoms with Gasteiger partial charge in [0.25, 0.3) is 0 Å². The molecule has 0 atom stereocenters. The van der Waals surface area contributed by atoms with Crippen LogP contribution in [0.4, 0.5) is 4.79 Å². The highest BCUT2D eigenvalue weighted by Gasteiger charge is 2.36. The van der Waals surface area contributed by atoms with Crippen molar-refractivity contribution < 1.29 is 14.3 Å². The van der Waals surface area contributed by atoms with E-state index < -0.39 is 11.7 Å². The van der Waals surface area contributed by atoms with Crippen molar-refractivity contribution in [2.45, 2.75) is 59.0 Å². The number of aliphatic imine (C=N–C) groups is 1. The molecule has 146 valence electrons. The summed E-state index contributed by atoms with van der Waals surface area (Å²) in [6.07, 6.45) is 4.39. The first-order chi connectivity index (χ1) is 11.8. The first-order valence-corrected chi connectivity index (χ1v) is 9.28. The van der Waals surface area contributed by atoms with E-state index in [1.165, 1.54) is 19.3 Å². The molecule has 1 aliphatic rings. The highest BCUT2D eigenvalue weighted by Crippen LogP contribution is 2.44. The van der Waals surface area contributed by atoms with Crippen LogP contribution in [0.1, 0.15) is 53.4 Å². The van der Waals surface area contributed by atoms with Crippen molar-refractivity contribution >= 4 is 12.1 Å². The molecule has 1 saturated carbocycles. The number of carbonyl (C=O) groups is 1. The summed E-state index contributed by atoms with van der Waals surface area (Å²) in [5.74, 6) is 0.789. The van der Waals surface area contributed by atoms with Gasteiger partial charge in [-0.3, -0.25) is 4.99 Å². The third kappa shape index (κ3) is 8.95. The van der Waals surface area contributed by atoms with E-state index in [0.717, 1.165) is 32.1 Å². The Bertz CT molecular complexity index is 429. The number of nitrogens with zero attached hydrogens (tertiary/aromatic N) is 1. The van der Waals surface area contributed by atoms with Crippen LogP contribution in [0.3, 0.4) is 0 Å². The van der Waals surface area contributed by atoms with Gasteiger partial charge in [-0.25, -0.2) is 4.79 Å². The molecule has 0 aromatic rings. The highest BCUT2D eigenvalue weighted by atomic mass is 16.6. The van der Waals surface area contributed by atoms with Gasteiger partial charge in [0.2, 0.25) is 0 Å². The normalized spacial score (nSPS) is 16.8. The van der Waals surface area contributed by atoms with Gasteiger partial charge in [-0.2, -0.15) is 0 Å². The van der Waals surface area contributed by atoms with Crippen LogP contribution in [0.5, 0.6) is 0 Å². The SMILES string of the molecule is CCNC(=NCC1(CCOC)CCC1)NCCNC(=O)OC(C)(C)C. The van der Waals surface area contributed by atoms with E-state index in [4.69, 9.17) is 14.5 Å². The lowest BCUT2D eigenvalue weighted by Gasteiger charge is -2.40. The molecular weight excluding hydrogens is 320 g/mol. The first-order valence-electron chi connectivity index (χ1n) is 9.28. The van der Waals surface area contributed by atoms with Crippen LogP contribution in [-0.2, 0) is 9.47 Å². The molecule has 3 N–H and O–H groups in total. The largest absolute Gasteiger partial charge is 0.444 e. The molecule has 0 spiro atoms. The molecule has 1 aliphatic carbocycles. The van der Waals surface area contributed by atoms with Crippen LogP contribution in [0.25, 0.3) is 0 Å². The minimum absolute atomic E-state index is 0.299. The summed E-state index contributed by atoms with van der Waals surface area (Å²) in [6.45, 7) is 11.1. The zero-order valence-electron chi connectivity index (χ0n) is 16.5. The Hall–Kier alpha value is -1.50. The number of carbonyl (C=O) groups excluding carboxylic acids is 1. The predicted molar refractivity (Wildman–Crippen MR) is 101 cm³/mol. The third-order valence-electron chi connectivity index (χ3n) is 4.25. The molecule has 7 nitrogen and oxygen atoms in total. The molecule has 7 heteroatoms. The van der Waals surface area contributed by atoms with Gasteiger partial charge >= 0.3 is 6.09 Å². The minimum atomic E-state index is -0.479. The standard InChI is InChI=1S/C18H36N4O3/c1-6-19-15(20-11-12-21-16(23)25-17(2,3)4)22-14-18(8-7-9-18)10-13-24-5/h6-14H2,1-5H3,(H,21,23)(H2,19,20,22). The van der Waals surface area contributed by atoms with Gasteiger partial charge in [0.05, 0.1) is 0 Å². The molecule has 25 heavy (non-hydrogen) atoms. The van der Waals surface area contributed by atoms with E-state index in [-0.39, 0.29) is 0 Å². The number of amides is 1. The van der Waals surface area contributed by atoms with Crippen LogP contribution < -0.4 is 16.0 Å². The van der Waals surface area contributed by atoms with E-state index >= 15 is 0 Å². The Kier molecular flexibility index (Phi) is 9.03. The second-order valence-electron chi connectivity index (χ2n) is 7.65. The van der Waals surface area contributed by atoms with Gasteiger partial charge in [0.1, 0.15) is 5.60 Å². The number of methoxy groups -OCH3 is 1. The zero-order chi connectivity index (χ0) is 18.8. The van der Waals surface area contributed by atoms with Crippen molar-refractivity contribution in [2.24, 2.45) is 10.4 Å². The van der Waals surface area contributed by atoms with E-state index in [9.17, 15) is 4.79 Å². The number of guanidine groups is 1. The maximum atomic E-state index is 11.6. The van der Waals surface area contributed by atoms with Gasteiger partial charge in [-0.05, 0) is 52.4 Å². The molecule has 1 amide bonds. The Morgan fingerprint density at radius 2 is 1.84 bits per heavy atom. The molecule has 1 fully saturated rings. The highest BCUT2D eigenvalue weighted by molar-refractivity contribution is 5.79. The monoisotopic (exact) mass is 356 g/mol. The Balaban J connectivity index is 2.37. The topological polar surface area (TPSA) is 84.0 Å². The molecule has 0 unspecified atom stereocenters. The van der Waals surface area contributed by atoms with E-state index in [1.807, 2.05) is 27.7 Å².